The molecule has 0 spiro atoms. The first kappa shape index (κ1) is 36.1. The molecule has 0 aliphatic carbocycles. The summed E-state index contributed by atoms with van der Waals surface area (Å²) in [7, 11) is -4.64. The molecule has 0 aliphatic heterocycles. The van der Waals surface area contributed by atoms with Crippen LogP contribution in [0, 0.1) is 0 Å². The summed E-state index contributed by atoms with van der Waals surface area (Å²) in [5.41, 5.74) is 0. The van der Waals surface area contributed by atoms with Gasteiger partial charge in [0.2, 0.25) is 0 Å². The zero-order valence-corrected chi connectivity index (χ0v) is 16.1. The number of carbonyl (C=O) groups excluding carboxylic acids is 2. The minimum Gasteiger partial charge on any atom is -0.652 e. The van der Waals surface area contributed by atoms with Crippen molar-refractivity contribution in [2.45, 2.75) is 6.92 Å². The Balaban J connectivity index is -0.0000000216. The van der Waals surface area contributed by atoms with Crippen molar-refractivity contribution in [1.29, 1.82) is 0 Å². The van der Waals surface area contributed by atoms with Crippen LogP contribution in [0.25, 0.3) is 0 Å². The Morgan fingerprint density at radius 2 is 0.938 bits per heavy atom. The zero-order valence-electron chi connectivity index (χ0n) is 9.24. The van der Waals surface area contributed by atoms with Crippen LogP contribution in [0.1, 0.15) is 6.92 Å². The van der Waals surface area contributed by atoms with Gasteiger partial charge >= 0.3 is 96.5 Å². The van der Waals surface area contributed by atoms with Crippen molar-refractivity contribution >= 4 is 19.9 Å². The molecule has 0 atom stereocenters. The average Bonchev–Trinajstić information content (AvgIpc) is 1.50. The third kappa shape index (κ3) is 1020. The van der Waals surface area contributed by atoms with Gasteiger partial charge in [-0.3, -0.25) is 0 Å². The van der Waals surface area contributed by atoms with Crippen molar-refractivity contribution in [2.24, 2.45) is 0 Å². The number of aliphatic carboxylic acids is 1. The molecule has 0 bridgehead atoms. The maximum atomic E-state index is 8.89. The Morgan fingerprint density at radius 1 is 0.938 bits per heavy atom. The first-order valence-corrected chi connectivity index (χ1v) is 3.87. The van der Waals surface area contributed by atoms with Gasteiger partial charge in [-0.1, -0.05) is 0 Å². The third-order valence-electron chi connectivity index (χ3n) is 0. The smallest absolute Gasteiger partial charge is 0.652 e. The van der Waals surface area contributed by atoms with Crippen molar-refractivity contribution in [3.05, 3.63) is 0 Å². The summed E-state index contributed by atoms with van der Waals surface area (Å²) >= 11 is 0. The monoisotopic (exact) mass is 286 g/mol. The van der Waals surface area contributed by atoms with Crippen LogP contribution in [-0.2, 0) is 9.36 Å². The molecule has 0 unspecified atom stereocenters. The van der Waals surface area contributed by atoms with E-state index in [2.05, 4.69) is 0 Å². The normalized spacial score (nSPS) is 6.75. The number of hydrogen-bond acceptors (Lipinski definition) is 6. The summed E-state index contributed by atoms with van der Waals surface area (Å²) in [5.74, 6) is -1.08. The Labute approximate surface area is 157 Å². The van der Waals surface area contributed by atoms with Crippen LogP contribution >= 0.6 is 7.82 Å². The number of carbonyl (C=O) groups is 2. The Hall–Kier alpha value is 1.85. The molecule has 0 amide bonds. The molecule has 16 heavy (non-hydrogen) atoms. The van der Waals surface area contributed by atoms with Gasteiger partial charge < -0.3 is 39.6 Å². The number of carboxylic acids is 1. The summed E-state index contributed by atoms with van der Waals surface area (Å²) in [6, 6.07) is 0. The number of rotatable bonds is 0. The van der Waals surface area contributed by atoms with Crippen molar-refractivity contribution in [3.8, 4) is 0 Å². The second-order valence-corrected chi connectivity index (χ2v) is 2.28. The van der Waals surface area contributed by atoms with Crippen molar-refractivity contribution in [2.75, 3.05) is 0 Å². The van der Waals surface area contributed by atoms with Crippen LogP contribution in [-0.4, -0.2) is 26.8 Å². The van der Waals surface area contributed by atoms with E-state index in [0.29, 0.717) is 0 Å². The van der Waals surface area contributed by atoms with Gasteiger partial charge in [0.25, 0.3) is 0 Å². The summed E-state index contributed by atoms with van der Waals surface area (Å²) in [4.78, 5) is 38.8. The molecular formula is C3H6Na3O9P. The molecule has 0 heterocycles. The van der Waals surface area contributed by atoms with E-state index >= 15 is 0 Å². The molecular weight excluding hydrogens is 280 g/mol. The summed E-state index contributed by atoms with van der Waals surface area (Å²) < 4.78 is 8.88. The van der Waals surface area contributed by atoms with Gasteiger partial charge in [0.15, 0.2) is 0 Å². The van der Waals surface area contributed by atoms with E-state index in [1.807, 2.05) is 0 Å². The molecule has 0 fully saturated rings. The fourth-order valence-corrected chi connectivity index (χ4v) is 0. The van der Waals surface area contributed by atoms with Crippen LogP contribution in [0.5, 0.6) is 0 Å². The Kier molecular flexibility index (Phi) is 49.8. The molecule has 0 aromatic carbocycles. The first-order chi connectivity index (χ1) is 5.46. The van der Waals surface area contributed by atoms with Gasteiger partial charge in [0.05, 0.1) is 0 Å². The summed E-state index contributed by atoms with van der Waals surface area (Å²) in [5, 5.41) is 25.6. The number of phosphoric acid groups is 1. The zero-order chi connectivity index (χ0) is 11.7. The molecule has 9 nitrogen and oxygen atoms in total. The van der Waals surface area contributed by atoms with E-state index in [1.54, 1.807) is 0 Å². The molecule has 0 rings (SSSR count). The molecule has 0 saturated carbocycles. The maximum Gasteiger partial charge on any atom is 1.00 e. The van der Waals surface area contributed by atoms with E-state index in [-0.39, 0.29) is 88.7 Å². The van der Waals surface area contributed by atoms with Gasteiger partial charge in [-0.15, -0.1) is 0 Å². The molecule has 80 valence electrons. The molecule has 0 aliphatic rings. The van der Waals surface area contributed by atoms with Crippen LogP contribution in [0.15, 0.2) is 0 Å². The largest absolute Gasteiger partial charge is 1.00 e. The third-order valence-corrected chi connectivity index (χ3v) is 0. The minimum absolute atomic E-state index is 0. The second-order valence-electron chi connectivity index (χ2n) is 1.25. The van der Waals surface area contributed by atoms with Crippen molar-refractivity contribution in [1.82, 2.24) is 0 Å². The fourth-order valence-electron chi connectivity index (χ4n) is 0. The molecule has 0 aromatic rings. The Bertz CT molecular complexity index is 174. The standard InChI is InChI=1S/C2H4O2.CH2O3.3Na.H3O4P/c1-2(3)4;2-1(3)4;;;;1-5(2,3)4/h1H3,(H,3,4);(H2,2,3,4);;;;(H3,1,2,3,4)/q;;3*+1;/p-3. The van der Waals surface area contributed by atoms with Crippen LogP contribution in [0.2, 0.25) is 0 Å². The van der Waals surface area contributed by atoms with Crippen molar-refractivity contribution < 1.29 is 133 Å². The van der Waals surface area contributed by atoms with Gasteiger partial charge in [-0.05, 0) is 13.1 Å². The maximum absolute atomic E-state index is 8.89. The van der Waals surface area contributed by atoms with Crippen LogP contribution < -0.4 is 104 Å². The molecule has 0 radical (unpaired) electrons. The van der Waals surface area contributed by atoms with Crippen LogP contribution in [0.3, 0.4) is 0 Å². The predicted octanol–water partition coefficient (Wildman–Crippen LogP) is -13.6. The number of hydrogen-bond donors (Lipinski definition) is 3. The van der Waals surface area contributed by atoms with E-state index in [0.717, 1.165) is 6.92 Å². The summed E-state index contributed by atoms with van der Waals surface area (Å²) in [6.45, 7) is 0.972. The van der Waals surface area contributed by atoms with E-state index in [1.165, 1.54) is 0 Å². The Morgan fingerprint density at radius 3 is 0.938 bits per heavy atom. The SMILES string of the molecule is CC(=O)[O-].O=C([O-])[O-].O=P(O)(O)O.[Na+].[Na+].[Na+]. The molecule has 0 aromatic heterocycles. The quantitative estimate of drug-likeness (QED) is 0.287. The fraction of sp³-hybridized carbons (Fsp3) is 0.333. The van der Waals surface area contributed by atoms with Crippen molar-refractivity contribution in [3.63, 3.8) is 0 Å². The topological polar surface area (TPSA) is 181 Å². The average molecular weight is 286 g/mol. The predicted molar refractivity (Wildman–Crippen MR) is 30.3 cm³/mol. The molecule has 3 N–H and O–H groups in total. The summed E-state index contributed by atoms with van der Waals surface area (Å²) in [6.07, 6.45) is -2.33. The van der Waals surface area contributed by atoms with Gasteiger partial charge in [-0.25, -0.2) is 4.57 Å². The number of carboxylic acid groups (broad SMARTS) is 3. The molecule has 13 heteroatoms. The minimum atomic E-state index is -4.64. The van der Waals surface area contributed by atoms with E-state index in [4.69, 9.17) is 44.2 Å². The van der Waals surface area contributed by atoms with E-state index in [9.17, 15) is 0 Å². The van der Waals surface area contributed by atoms with E-state index < -0.39 is 19.9 Å². The van der Waals surface area contributed by atoms with Gasteiger partial charge in [0, 0.05) is 5.97 Å². The molecule has 0 saturated heterocycles. The second kappa shape index (κ2) is 22.1. The van der Waals surface area contributed by atoms with Gasteiger partial charge in [0.1, 0.15) is 0 Å². The van der Waals surface area contributed by atoms with Crippen LogP contribution in [0.4, 0.5) is 4.79 Å². The first-order valence-electron chi connectivity index (χ1n) is 2.30. The van der Waals surface area contributed by atoms with Gasteiger partial charge in [-0.2, -0.15) is 0 Å².